The highest BCUT2D eigenvalue weighted by Gasteiger charge is 2.35. The number of hydrogen-bond acceptors (Lipinski definition) is 4. The second-order valence-corrected chi connectivity index (χ2v) is 6.78. The van der Waals surface area contributed by atoms with Gasteiger partial charge in [0.25, 0.3) is 5.91 Å². The Kier molecular flexibility index (Phi) is 4.44. The fourth-order valence-corrected chi connectivity index (χ4v) is 3.53. The summed E-state index contributed by atoms with van der Waals surface area (Å²) in [7, 11) is 0. The number of nitrogens with zero attached hydrogens (tertiary/aromatic N) is 5. The molecule has 9 heteroatoms. The van der Waals surface area contributed by atoms with Gasteiger partial charge in [0.2, 0.25) is 0 Å². The summed E-state index contributed by atoms with van der Waals surface area (Å²) in [4.78, 5) is 24.7. The maximum atomic E-state index is 13.2. The van der Waals surface area contributed by atoms with Gasteiger partial charge < -0.3 is 14.2 Å². The first kappa shape index (κ1) is 18.3. The first-order chi connectivity index (χ1) is 13.3. The predicted octanol–water partition coefficient (Wildman–Crippen LogP) is 3.10. The van der Waals surface area contributed by atoms with Crippen molar-refractivity contribution in [1.82, 2.24) is 19.3 Å². The van der Waals surface area contributed by atoms with Crippen LogP contribution in [0.1, 0.15) is 23.0 Å². The van der Waals surface area contributed by atoms with E-state index in [9.17, 15) is 18.0 Å². The molecule has 6 nitrogen and oxygen atoms in total. The van der Waals surface area contributed by atoms with E-state index in [1.165, 1.54) is 22.9 Å². The van der Waals surface area contributed by atoms with Gasteiger partial charge in [-0.2, -0.15) is 13.2 Å². The number of fused-ring (bicyclic) bond motifs is 1. The third-order valence-electron chi connectivity index (χ3n) is 4.92. The Labute approximate surface area is 159 Å². The van der Waals surface area contributed by atoms with Crippen LogP contribution in [-0.4, -0.2) is 50.9 Å². The van der Waals surface area contributed by atoms with E-state index in [4.69, 9.17) is 0 Å². The van der Waals surface area contributed by atoms with Gasteiger partial charge in [-0.25, -0.2) is 4.98 Å². The molecule has 1 aliphatic rings. The van der Waals surface area contributed by atoms with Gasteiger partial charge in [-0.3, -0.25) is 9.78 Å². The van der Waals surface area contributed by atoms with E-state index in [-0.39, 0.29) is 23.3 Å². The molecule has 4 rings (SSSR count). The monoisotopic (exact) mass is 389 g/mol. The minimum atomic E-state index is -4.53. The largest absolute Gasteiger partial charge is 0.419 e. The van der Waals surface area contributed by atoms with E-state index in [0.29, 0.717) is 19.6 Å². The van der Waals surface area contributed by atoms with Gasteiger partial charge in [0.05, 0.1) is 5.56 Å². The standard InChI is InChI=1S/C19H18F3N5O/c1-13-11-25(14-4-6-23-7-5-14)9-10-27(13)18(28)16-12-26-8-2-3-15(17(26)24-16)19(20,21)22/h2-8,12-13H,9-11H2,1H3. The van der Waals surface area contributed by atoms with Crippen molar-refractivity contribution in [2.24, 2.45) is 0 Å². The zero-order valence-corrected chi connectivity index (χ0v) is 15.1. The fraction of sp³-hybridized carbons (Fsp3) is 0.316. The Balaban J connectivity index is 1.57. The second kappa shape index (κ2) is 6.81. The van der Waals surface area contributed by atoms with Crippen molar-refractivity contribution < 1.29 is 18.0 Å². The second-order valence-electron chi connectivity index (χ2n) is 6.78. The van der Waals surface area contributed by atoms with Crippen LogP contribution in [0.5, 0.6) is 0 Å². The molecule has 1 unspecified atom stereocenters. The van der Waals surface area contributed by atoms with Crippen molar-refractivity contribution in [3.05, 3.63) is 60.3 Å². The summed E-state index contributed by atoms with van der Waals surface area (Å²) in [6.45, 7) is 3.63. The van der Waals surface area contributed by atoms with Crippen LogP contribution in [-0.2, 0) is 6.18 Å². The number of aromatic nitrogens is 3. The van der Waals surface area contributed by atoms with Crippen LogP contribution in [0.15, 0.2) is 49.1 Å². The van der Waals surface area contributed by atoms with Crippen molar-refractivity contribution in [2.75, 3.05) is 24.5 Å². The molecule has 1 fully saturated rings. The number of pyridine rings is 2. The number of imidazole rings is 1. The first-order valence-electron chi connectivity index (χ1n) is 8.85. The number of piperazine rings is 1. The molecule has 0 N–H and O–H groups in total. The summed E-state index contributed by atoms with van der Waals surface area (Å²) >= 11 is 0. The number of alkyl halides is 3. The minimum Gasteiger partial charge on any atom is -0.368 e. The van der Waals surface area contributed by atoms with Gasteiger partial charge in [-0.1, -0.05) is 0 Å². The zero-order chi connectivity index (χ0) is 19.9. The highest BCUT2D eigenvalue weighted by Crippen LogP contribution is 2.32. The Morgan fingerprint density at radius 1 is 1.18 bits per heavy atom. The lowest BCUT2D eigenvalue weighted by Gasteiger charge is -2.40. The molecular formula is C19H18F3N5O. The fourth-order valence-electron chi connectivity index (χ4n) is 3.53. The molecule has 0 bridgehead atoms. The molecule has 0 aromatic carbocycles. The van der Waals surface area contributed by atoms with Crippen molar-refractivity contribution in [3.63, 3.8) is 0 Å². The Hall–Kier alpha value is -3.10. The number of anilines is 1. The molecule has 1 atom stereocenters. The lowest BCUT2D eigenvalue weighted by molar-refractivity contribution is -0.136. The van der Waals surface area contributed by atoms with Crippen LogP contribution in [0.4, 0.5) is 18.9 Å². The molecule has 0 spiro atoms. The lowest BCUT2D eigenvalue weighted by atomic mass is 10.1. The summed E-state index contributed by atoms with van der Waals surface area (Å²) in [5, 5.41) is 0. The summed E-state index contributed by atoms with van der Waals surface area (Å²) in [6.07, 6.45) is 1.71. The summed E-state index contributed by atoms with van der Waals surface area (Å²) in [5.41, 5.74) is -0.0801. The van der Waals surface area contributed by atoms with E-state index >= 15 is 0 Å². The van der Waals surface area contributed by atoms with E-state index in [1.807, 2.05) is 19.1 Å². The molecule has 1 amide bonds. The van der Waals surface area contributed by atoms with Crippen LogP contribution < -0.4 is 4.90 Å². The number of carbonyl (C=O) groups excluding carboxylic acids is 1. The average Bonchev–Trinajstić information content (AvgIpc) is 3.11. The lowest BCUT2D eigenvalue weighted by Crippen LogP contribution is -2.54. The highest BCUT2D eigenvalue weighted by molar-refractivity contribution is 5.93. The molecule has 1 aliphatic heterocycles. The Morgan fingerprint density at radius 2 is 1.93 bits per heavy atom. The van der Waals surface area contributed by atoms with Crippen LogP contribution in [0.25, 0.3) is 5.65 Å². The topological polar surface area (TPSA) is 53.7 Å². The number of rotatable bonds is 2. The van der Waals surface area contributed by atoms with Gasteiger partial charge in [0, 0.05) is 56.2 Å². The number of carbonyl (C=O) groups is 1. The molecule has 0 aliphatic carbocycles. The maximum absolute atomic E-state index is 13.2. The highest BCUT2D eigenvalue weighted by atomic mass is 19.4. The third-order valence-corrected chi connectivity index (χ3v) is 4.92. The zero-order valence-electron chi connectivity index (χ0n) is 15.1. The average molecular weight is 389 g/mol. The maximum Gasteiger partial charge on any atom is 0.419 e. The first-order valence-corrected chi connectivity index (χ1v) is 8.85. The molecule has 3 aromatic heterocycles. The van der Waals surface area contributed by atoms with Gasteiger partial charge in [0.1, 0.15) is 11.3 Å². The van der Waals surface area contributed by atoms with Crippen molar-refractivity contribution >= 4 is 17.2 Å². The molecule has 4 heterocycles. The summed E-state index contributed by atoms with van der Waals surface area (Å²) < 4.78 is 40.8. The Bertz CT molecular complexity index is 1000. The molecular weight excluding hydrogens is 371 g/mol. The van der Waals surface area contributed by atoms with Crippen LogP contribution in [0.3, 0.4) is 0 Å². The molecule has 0 saturated carbocycles. The number of amides is 1. The number of halogens is 3. The normalized spacial score (nSPS) is 17.9. The SMILES string of the molecule is CC1CN(c2ccncc2)CCN1C(=O)c1cn2cccc(C(F)(F)F)c2n1. The Morgan fingerprint density at radius 3 is 2.61 bits per heavy atom. The van der Waals surface area contributed by atoms with E-state index in [2.05, 4.69) is 14.9 Å². The van der Waals surface area contributed by atoms with Gasteiger partial charge in [0.15, 0.2) is 0 Å². The van der Waals surface area contributed by atoms with E-state index in [0.717, 1.165) is 11.8 Å². The van der Waals surface area contributed by atoms with E-state index < -0.39 is 11.7 Å². The van der Waals surface area contributed by atoms with Gasteiger partial charge in [-0.05, 0) is 31.2 Å². The molecule has 1 saturated heterocycles. The van der Waals surface area contributed by atoms with Crippen molar-refractivity contribution in [3.8, 4) is 0 Å². The summed E-state index contributed by atoms with van der Waals surface area (Å²) in [5.74, 6) is -0.362. The van der Waals surface area contributed by atoms with Gasteiger partial charge >= 0.3 is 6.18 Å². The van der Waals surface area contributed by atoms with Crippen molar-refractivity contribution in [2.45, 2.75) is 19.1 Å². The third kappa shape index (κ3) is 3.28. The van der Waals surface area contributed by atoms with Crippen LogP contribution in [0.2, 0.25) is 0 Å². The molecule has 146 valence electrons. The summed E-state index contributed by atoms with van der Waals surface area (Å²) in [6, 6.07) is 5.96. The minimum absolute atomic E-state index is 0.0147. The predicted molar refractivity (Wildman–Crippen MR) is 97.1 cm³/mol. The smallest absolute Gasteiger partial charge is 0.368 e. The molecule has 28 heavy (non-hydrogen) atoms. The number of hydrogen-bond donors (Lipinski definition) is 0. The van der Waals surface area contributed by atoms with Gasteiger partial charge in [-0.15, -0.1) is 0 Å². The quantitative estimate of drug-likeness (QED) is 0.676. The van der Waals surface area contributed by atoms with E-state index in [1.54, 1.807) is 17.3 Å². The van der Waals surface area contributed by atoms with Crippen LogP contribution >= 0.6 is 0 Å². The molecule has 0 radical (unpaired) electrons. The van der Waals surface area contributed by atoms with Crippen molar-refractivity contribution in [1.29, 1.82) is 0 Å². The van der Waals surface area contributed by atoms with Crippen LogP contribution in [0, 0.1) is 0 Å². The molecule has 3 aromatic rings.